The van der Waals surface area contributed by atoms with Crippen molar-refractivity contribution in [2.24, 2.45) is 0 Å². The molecule has 0 aromatic heterocycles. The summed E-state index contributed by atoms with van der Waals surface area (Å²) in [6.45, 7) is 1.46. The van der Waals surface area contributed by atoms with E-state index in [1.54, 1.807) is 0 Å². The summed E-state index contributed by atoms with van der Waals surface area (Å²) in [5.74, 6) is -4.28. The number of aliphatic hydroxyl groups is 1. The lowest BCUT2D eigenvalue weighted by Gasteiger charge is -2.16. The van der Waals surface area contributed by atoms with E-state index >= 15 is 0 Å². The molecule has 0 heterocycles. The van der Waals surface area contributed by atoms with Gasteiger partial charge < -0.3 is 26.0 Å². The molecule has 0 spiro atoms. The van der Waals surface area contributed by atoms with Gasteiger partial charge in [0.25, 0.3) is 0 Å². The van der Waals surface area contributed by atoms with E-state index in [2.05, 4.69) is 10.6 Å². The molecule has 0 saturated carbocycles. The van der Waals surface area contributed by atoms with Crippen LogP contribution >= 0.6 is 11.6 Å². The highest BCUT2D eigenvalue weighted by atomic mass is 35.5. The van der Waals surface area contributed by atoms with Gasteiger partial charge in [-0.25, -0.2) is 9.59 Å². The second-order valence-electron chi connectivity index (χ2n) is 5.01. The molecule has 1 rings (SSSR count). The number of anilines is 1. The molecule has 5 N–H and O–H groups in total. The minimum atomic E-state index is -4.61. The van der Waals surface area contributed by atoms with Crippen LogP contribution in [0.4, 0.5) is 18.9 Å². The maximum Gasteiger partial charge on any atom is 0.418 e. The van der Waals surface area contributed by atoms with Crippen LogP contribution in [-0.4, -0.2) is 52.4 Å². The lowest BCUT2D eigenvalue weighted by Crippen LogP contribution is -2.38. The molecular formula is C15H18ClF3N2O6. The number of benzene rings is 1. The fourth-order valence-corrected chi connectivity index (χ4v) is 1.80. The number of carboxylic acid groups (broad SMARTS) is 2. The van der Waals surface area contributed by atoms with E-state index in [1.807, 2.05) is 6.92 Å². The Hall–Kier alpha value is -2.37. The average molecular weight is 415 g/mol. The molecule has 12 heteroatoms. The predicted octanol–water partition coefficient (Wildman–Crippen LogP) is 1.81. The molecule has 0 saturated heterocycles. The first-order valence-electron chi connectivity index (χ1n) is 7.39. The molecule has 152 valence electrons. The SMILES string of the molecule is CCC(CO)NCC(=O)Nc1ccc(Cl)cc1C(F)(F)F.O=C(O)C(=O)O. The van der Waals surface area contributed by atoms with Gasteiger partial charge in [-0.3, -0.25) is 4.79 Å². The van der Waals surface area contributed by atoms with Gasteiger partial charge in [-0.15, -0.1) is 0 Å². The summed E-state index contributed by atoms with van der Waals surface area (Å²) < 4.78 is 38.5. The quantitative estimate of drug-likeness (QED) is 0.448. The summed E-state index contributed by atoms with van der Waals surface area (Å²) in [5, 5.41) is 28.6. The number of rotatable bonds is 6. The molecule has 0 aliphatic carbocycles. The summed E-state index contributed by atoms with van der Waals surface area (Å²) in [5.41, 5.74) is -1.35. The van der Waals surface area contributed by atoms with Crippen molar-refractivity contribution in [2.45, 2.75) is 25.6 Å². The molecule has 1 aromatic rings. The van der Waals surface area contributed by atoms with E-state index in [0.717, 1.165) is 12.1 Å². The summed E-state index contributed by atoms with van der Waals surface area (Å²) in [6.07, 6.45) is -4.02. The van der Waals surface area contributed by atoms with Crippen molar-refractivity contribution in [3.05, 3.63) is 28.8 Å². The van der Waals surface area contributed by atoms with Crippen LogP contribution in [0.2, 0.25) is 5.02 Å². The van der Waals surface area contributed by atoms with Gasteiger partial charge in [-0.05, 0) is 24.6 Å². The number of hydrogen-bond acceptors (Lipinski definition) is 5. The zero-order valence-corrected chi connectivity index (χ0v) is 14.8. The fourth-order valence-electron chi connectivity index (χ4n) is 1.63. The molecule has 1 amide bonds. The normalized spacial score (nSPS) is 11.8. The smallest absolute Gasteiger partial charge is 0.418 e. The zero-order valence-electron chi connectivity index (χ0n) is 14.0. The number of hydrogen-bond donors (Lipinski definition) is 5. The number of aliphatic hydroxyl groups excluding tert-OH is 1. The predicted molar refractivity (Wildman–Crippen MR) is 89.5 cm³/mol. The van der Waals surface area contributed by atoms with Crippen LogP contribution in [0.1, 0.15) is 18.9 Å². The minimum Gasteiger partial charge on any atom is -0.473 e. The van der Waals surface area contributed by atoms with Gasteiger partial charge in [0.15, 0.2) is 0 Å². The molecular weight excluding hydrogens is 397 g/mol. The first-order valence-corrected chi connectivity index (χ1v) is 7.77. The van der Waals surface area contributed by atoms with Crippen molar-refractivity contribution >= 4 is 35.1 Å². The molecule has 0 radical (unpaired) electrons. The van der Waals surface area contributed by atoms with Crippen molar-refractivity contribution in [2.75, 3.05) is 18.5 Å². The Morgan fingerprint density at radius 3 is 2.15 bits per heavy atom. The lowest BCUT2D eigenvalue weighted by molar-refractivity contribution is -0.159. The van der Waals surface area contributed by atoms with Crippen LogP contribution < -0.4 is 10.6 Å². The van der Waals surface area contributed by atoms with Crippen LogP contribution in [0.25, 0.3) is 0 Å². The van der Waals surface area contributed by atoms with Crippen LogP contribution in [0.15, 0.2) is 18.2 Å². The van der Waals surface area contributed by atoms with Crippen LogP contribution in [0.5, 0.6) is 0 Å². The molecule has 0 aliphatic rings. The molecule has 8 nitrogen and oxygen atoms in total. The monoisotopic (exact) mass is 414 g/mol. The second kappa shape index (κ2) is 11.4. The van der Waals surface area contributed by atoms with Gasteiger partial charge in [0, 0.05) is 11.1 Å². The van der Waals surface area contributed by atoms with Crippen molar-refractivity contribution < 1.29 is 42.9 Å². The van der Waals surface area contributed by atoms with E-state index in [4.69, 9.17) is 36.5 Å². The molecule has 1 unspecified atom stereocenters. The number of nitrogens with one attached hydrogen (secondary N) is 2. The van der Waals surface area contributed by atoms with Crippen molar-refractivity contribution in [3.63, 3.8) is 0 Å². The van der Waals surface area contributed by atoms with Crippen LogP contribution in [0.3, 0.4) is 0 Å². The summed E-state index contributed by atoms with van der Waals surface area (Å²) in [6, 6.07) is 2.85. The average Bonchev–Trinajstić information content (AvgIpc) is 2.57. The molecule has 0 fully saturated rings. The molecule has 27 heavy (non-hydrogen) atoms. The Bertz CT molecular complexity index is 653. The number of aliphatic carboxylic acids is 2. The maximum atomic E-state index is 12.8. The number of carbonyl (C=O) groups excluding carboxylic acids is 1. The number of alkyl halides is 3. The first-order chi connectivity index (χ1) is 12.4. The van der Waals surface area contributed by atoms with E-state index in [9.17, 15) is 18.0 Å². The highest BCUT2D eigenvalue weighted by molar-refractivity contribution is 6.30. The molecule has 1 aromatic carbocycles. The highest BCUT2D eigenvalue weighted by Crippen LogP contribution is 2.36. The van der Waals surface area contributed by atoms with E-state index in [-0.39, 0.29) is 29.9 Å². The highest BCUT2D eigenvalue weighted by Gasteiger charge is 2.34. The van der Waals surface area contributed by atoms with Gasteiger partial charge in [0.2, 0.25) is 5.91 Å². The number of carbonyl (C=O) groups is 3. The number of carboxylic acids is 2. The second-order valence-corrected chi connectivity index (χ2v) is 5.45. The standard InChI is InChI=1S/C13H16ClF3N2O2.C2H2O4/c1-2-9(7-20)18-6-12(21)19-11-4-3-8(14)5-10(11)13(15,16)17;3-1(4)2(5)6/h3-5,9,18,20H,2,6-7H2,1H3,(H,19,21);(H,3,4)(H,5,6). The van der Waals surface area contributed by atoms with Crippen LogP contribution in [-0.2, 0) is 20.6 Å². The summed E-state index contributed by atoms with van der Waals surface area (Å²) in [7, 11) is 0. The molecule has 0 bridgehead atoms. The fraction of sp³-hybridized carbons (Fsp3) is 0.400. The Morgan fingerprint density at radius 1 is 1.19 bits per heavy atom. The van der Waals surface area contributed by atoms with Gasteiger partial charge in [0.1, 0.15) is 0 Å². The van der Waals surface area contributed by atoms with Crippen LogP contribution in [0, 0.1) is 0 Å². The Kier molecular flexibility index (Phi) is 10.4. The summed E-state index contributed by atoms with van der Waals surface area (Å²) >= 11 is 5.55. The molecule has 1 atom stereocenters. The molecule has 0 aliphatic heterocycles. The van der Waals surface area contributed by atoms with E-state index in [0.29, 0.717) is 6.42 Å². The Morgan fingerprint density at radius 2 is 1.74 bits per heavy atom. The lowest BCUT2D eigenvalue weighted by atomic mass is 10.1. The Balaban J connectivity index is 0.000000972. The van der Waals surface area contributed by atoms with Crippen molar-refractivity contribution in [3.8, 4) is 0 Å². The topological polar surface area (TPSA) is 136 Å². The Labute approximate surface area is 156 Å². The van der Waals surface area contributed by atoms with E-state index in [1.165, 1.54) is 6.07 Å². The third kappa shape index (κ3) is 9.78. The van der Waals surface area contributed by atoms with Gasteiger partial charge in [-0.1, -0.05) is 18.5 Å². The first kappa shape index (κ1) is 24.6. The van der Waals surface area contributed by atoms with Crippen molar-refractivity contribution in [1.82, 2.24) is 5.32 Å². The van der Waals surface area contributed by atoms with Crippen molar-refractivity contribution in [1.29, 1.82) is 0 Å². The number of amides is 1. The van der Waals surface area contributed by atoms with Gasteiger partial charge >= 0.3 is 18.1 Å². The van der Waals surface area contributed by atoms with Gasteiger partial charge in [0.05, 0.1) is 24.4 Å². The summed E-state index contributed by atoms with van der Waals surface area (Å²) in [4.78, 5) is 29.9. The zero-order chi connectivity index (χ0) is 21.2. The third-order valence-electron chi connectivity index (χ3n) is 3.01. The minimum absolute atomic E-state index is 0.0650. The maximum absolute atomic E-state index is 12.8. The van der Waals surface area contributed by atoms with Gasteiger partial charge in [-0.2, -0.15) is 13.2 Å². The third-order valence-corrected chi connectivity index (χ3v) is 3.24. The number of halogens is 4. The van der Waals surface area contributed by atoms with E-state index < -0.39 is 29.6 Å². The largest absolute Gasteiger partial charge is 0.473 e.